The molecule has 0 atom stereocenters. The number of pyridine rings is 2. The molecule has 38 heavy (non-hydrogen) atoms. The van der Waals surface area contributed by atoms with Crippen molar-refractivity contribution in [3.05, 3.63) is 120 Å². The van der Waals surface area contributed by atoms with E-state index in [1.54, 1.807) is 36.7 Å². The Morgan fingerprint density at radius 2 is 0.868 bits per heavy atom. The van der Waals surface area contributed by atoms with Crippen LogP contribution < -0.4 is 39.5 Å². The van der Waals surface area contributed by atoms with E-state index in [9.17, 15) is 10.2 Å². The largest absolute Gasteiger partial charge is 3.00 e. The van der Waals surface area contributed by atoms with E-state index in [0.717, 1.165) is 22.5 Å². The summed E-state index contributed by atoms with van der Waals surface area (Å²) in [6.07, 6.45) is 3.52. The van der Waals surface area contributed by atoms with Gasteiger partial charge in [0.2, 0.25) is 0 Å². The Hall–Kier alpha value is -3.10. The van der Waals surface area contributed by atoms with Crippen LogP contribution in [0.2, 0.25) is 0 Å². The summed E-state index contributed by atoms with van der Waals surface area (Å²) in [6, 6.07) is 25.7. The minimum atomic E-state index is -4.94. The third kappa shape index (κ3) is 15.2. The molecule has 0 unspecified atom stereocenters. The number of hydrogen-bond donors (Lipinski definition) is 2. The molecule has 2 N–H and O–H groups in total. The Morgan fingerprint density at radius 1 is 0.526 bits per heavy atom. The fourth-order valence-electron chi connectivity index (χ4n) is 2.96. The second-order valence-electron chi connectivity index (χ2n) is 7.44. The van der Waals surface area contributed by atoms with Crippen molar-refractivity contribution in [3.8, 4) is 11.5 Å². The zero-order chi connectivity index (χ0) is 26.9. The fourth-order valence-corrected chi connectivity index (χ4v) is 2.96. The normalized spacial score (nSPS) is 10.2. The Morgan fingerprint density at radius 3 is 1.18 bits per heavy atom. The summed E-state index contributed by atoms with van der Waals surface area (Å²) >= 11 is 0. The molecule has 0 aliphatic heterocycles. The van der Waals surface area contributed by atoms with Crippen LogP contribution in [-0.2, 0) is 43.0 Å². The summed E-state index contributed by atoms with van der Waals surface area (Å²) in [6.45, 7) is 2.51. The molecule has 0 radical (unpaired) electrons. The molecule has 0 bridgehead atoms. The van der Waals surface area contributed by atoms with Gasteiger partial charge in [0.15, 0.2) is 0 Å². The number of halogens is 1. The molecule has 0 aliphatic carbocycles. The maximum absolute atomic E-state index is 11.4. The van der Waals surface area contributed by atoms with Crippen LogP contribution in [-0.4, -0.2) is 9.97 Å². The van der Waals surface area contributed by atoms with Gasteiger partial charge in [0.25, 0.3) is 0 Å². The van der Waals surface area contributed by atoms with Crippen LogP contribution in [0.3, 0.4) is 0 Å². The van der Waals surface area contributed by atoms with Crippen LogP contribution in [0.15, 0.2) is 97.3 Å². The zero-order valence-electron chi connectivity index (χ0n) is 20.1. The van der Waals surface area contributed by atoms with E-state index in [-0.39, 0.29) is 28.3 Å². The molecule has 12 heteroatoms. The number of benzene rings is 2. The molecule has 4 rings (SSSR count). The quantitative estimate of drug-likeness (QED) is 0.237. The van der Waals surface area contributed by atoms with Gasteiger partial charge in [-0.3, -0.25) is 9.97 Å². The number of nitrogens with zero attached hydrogens (tertiary/aromatic N) is 2. The van der Waals surface area contributed by atoms with Crippen LogP contribution in [0.5, 0.6) is 11.5 Å². The van der Waals surface area contributed by atoms with E-state index in [2.05, 4.69) is 20.6 Å². The van der Waals surface area contributed by atoms with Crippen molar-refractivity contribution in [1.29, 1.82) is 0 Å². The molecule has 0 amide bonds. The molecule has 2 aromatic carbocycles. The number of aromatic nitrogens is 2. The molecule has 0 fully saturated rings. The molecule has 2 heterocycles. The maximum atomic E-state index is 11.4. The molecule has 10 nitrogen and oxygen atoms in total. The standard InChI is InChI=1S/2C13H14N2O.ClHO4.Co/c2*16-13-7-2-1-5-11(13)9-14-10-12-6-3-4-8-15-12;2-1(3,4)5;/h2*1-8,14,16H,9-10H2;(H,2,3,4,5);/q;;;+3/p-3. The number of nitrogens with one attached hydrogen (secondary N) is 2. The minimum Gasteiger partial charge on any atom is -0.872 e. The maximum Gasteiger partial charge on any atom is 3.00 e. The summed E-state index contributed by atoms with van der Waals surface area (Å²) in [5, 5.41) is 29.2. The number of rotatable bonds is 8. The predicted molar refractivity (Wildman–Crippen MR) is 121 cm³/mol. The SMILES string of the molecule is [Co+3].[O-][Cl+3]([O-])([O-])[O-].[O-]c1ccccc1CNCc1ccccn1.[O-]c1ccccc1CNCc1ccccn1. The molecule has 4 aromatic rings. The van der Waals surface area contributed by atoms with Crippen LogP contribution in [0.4, 0.5) is 0 Å². The van der Waals surface area contributed by atoms with Crippen LogP contribution in [0.25, 0.3) is 0 Å². The van der Waals surface area contributed by atoms with Crippen molar-refractivity contribution < 1.29 is 55.9 Å². The molecule has 2 aromatic heterocycles. The number of para-hydroxylation sites is 2. The number of hydrogen-bond acceptors (Lipinski definition) is 10. The monoisotopic (exact) mass is 584 g/mol. The van der Waals surface area contributed by atoms with Crippen molar-refractivity contribution in [1.82, 2.24) is 20.6 Å². The van der Waals surface area contributed by atoms with Crippen molar-refractivity contribution in [2.24, 2.45) is 0 Å². The first kappa shape index (κ1) is 32.9. The Bertz CT molecular complexity index is 1080. The van der Waals surface area contributed by atoms with Gasteiger partial charge in [0, 0.05) is 38.6 Å². The van der Waals surface area contributed by atoms with Gasteiger partial charge in [-0.05, 0) is 35.4 Å². The summed E-state index contributed by atoms with van der Waals surface area (Å²) in [4.78, 5) is 8.38. The second kappa shape index (κ2) is 18.2. The topological polar surface area (TPSA) is 188 Å². The van der Waals surface area contributed by atoms with Gasteiger partial charge in [-0.2, -0.15) is 0 Å². The fraction of sp³-hybridized carbons (Fsp3) is 0.154. The summed E-state index contributed by atoms with van der Waals surface area (Å²) in [5.74, 6) is 0.159. The van der Waals surface area contributed by atoms with E-state index in [1.807, 2.05) is 60.7 Å². The van der Waals surface area contributed by atoms with E-state index < -0.39 is 10.2 Å². The van der Waals surface area contributed by atoms with Crippen molar-refractivity contribution in [3.63, 3.8) is 0 Å². The third-order valence-corrected chi connectivity index (χ3v) is 4.64. The van der Waals surface area contributed by atoms with Gasteiger partial charge in [0.05, 0.1) is 11.4 Å². The molecule has 0 spiro atoms. The van der Waals surface area contributed by atoms with Gasteiger partial charge < -0.3 is 20.8 Å². The van der Waals surface area contributed by atoms with E-state index in [0.29, 0.717) is 26.2 Å². The van der Waals surface area contributed by atoms with Crippen molar-refractivity contribution >= 4 is 0 Å². The van der Waals surface area contributed by atoms with E-state index in [1.165, 1.54) is 0 Å². The van der Waals surface area contributed by atoms with Gasteiger partial charge in [-0.25, -0.2) is 18.6 Å². The molecular formula is C26H26ClCoN4O6. The van der Waals surface area contributed by atoms with Gasteiger partial charge in [-0.1, -0.05) is 60.7 Å². The molecule has 0 aliphatic rings. The first-order chi connectivity index (χ1) is 17.7. The van der Waals surface area contributed by atoms with Gasteiger partial charge >= 0.3 is 16.8 Å². The zero-order valence-corrected chi connectivity index (χ0v) is 21.9. The van der Waals surface area contributed by atoms with Crippen LogP contribution >= 0.6 is 0 Å². The first-order valence-electron chi connectivity index (χ1n) is 11.0. The smallest absolute Gasteiger partial charge is 0.872 e. The minimum absolute atomic E-state index is 0. The Labute approximate surface area is 233 Å². The second-order valence-corrected chi connectivity index (χ2v) is 8.20. The van der Waals surface area contributed by atoms with E-state index >= 15 is 0 Å². The van der Waals surface area contributed by atoms with Crippen molar-refractivity contribution in [2.45, 2.75) is 26.2 Å². The van der Waals surface area contributed by atoms with Crippen LogP contribution in [0.1, 0.15) is 22.5 Å². The molecule has 202 valence electrons. The Kier molecular flexibility index (Phi) is 15.8. The molecule has 0 saturated carbocycles. The third-order valence-electron chi connectivity index (χ3n) is 4.64. The first-order valence-corrected chi connectivity index (χ1v) is 12.3. The summed E-state index contributed by atoms with van der Waals surface area (Å²) in [5.41, 5.74) is 3.54. The van der Waals surface area contributed by atoms with Gasteiger partial charge in [0.1, 0.15) is 0 Å². The summed E-state index contributed by atoms with van der Waals surface area (Å²) in [7, 11) is -4.94. The molecular weight excluding hydrogens is 559 g/mol. The van der Waals surface area contributed by atoms with Gasteiger partial charge in [-0.15, -0.1) is 21.7 Å². The van der Waals surface area contributed by atoms with Crippen molar-refractivity contribution in [2.75, 3.05) is 0 Å². The average molecular weight is 585 g/mol. The van der Waals surface area contributed by atoms with Crippen LogP contribution in [0, 0.1) is 10.2 Å². The van der Waals surface area contributed by atoms with E-state index in [4.69, 9.17) is 18.6 Å². The Balaban J connectivity index is 0.000000317. The molecule has 0 saturated heterocycles. The predicted octanol–water partition coefficient (Wildman–Crippen LogP) is -1.87. The summed E-state index contributed by atoms with van der Waals surface area (Å²) < 4.78 is 34.0. The average Bonchev–Trinajstić information content (AvgIpc) is 2.87.